The Hall–Kier alpha value is 1.17. The van der Waals surface area contributed by atoms with Crippen molar-refractivity contribution in [2.45, 2.75) is 22.3 Å². The molecule has 0 aromatic heterocycles. The van der Waals surface area contributed by atoms with Gasteiger partial charge in [0.2, 0.25) is 0 Å². The molecule has 0 aromatic rings. The minimum atomic E-state index is 0. The Morgan fingerprint density at radius 2 is 0.600 bits per heavy atom. The van der Waals surface area contributed by atoms with Gasteiger partial charge in [-0.3, -0.25) is 0 Å². The summed E-state index contributed by atoms with van der Waals surface area (Å²) in [5.41, 5.74) is 0. The van der Waals surface area contributed by atoms with Crippen LogP contribution in [-0.4, -0.2) is 8.41 Å². The fourth-order valence-electron chi connectivity index (χ4n) is 0. The number of hydrogen-bond acceptors (Lipinski definition) is 0. The minimum absolute atomic E-state index is 0. The van der Waals surface area contributed by atoms with Gasteiger partial charge in [0.1, 0.15) is 0 Å². The molecule has 0 spiro atoms. The van der Waals surface area contributed by atoms with Crippen LogP contribution in [0.15, 0.2) is 0 Å². The van der Waals surface area contributed by atoms with Gasteiger partial charge in [0.05, 0.1) is 0 Å². The van der Waals surface area contributed by atoms with E-state index in [1.54, 1.807) is 0 Å². The fraction of sp³-hybridized carbons (Fsp3) is 1.00. The van der Waals surface area contributed by atoms with Gasteiger partial charge in [0.25, 0.3) is 0 Å². The average Bonchev–Trinajstić information content (AvgIpc) is 0. The van der Waals surface area contributed by atoms with Gasteiger partial charge in [0.15, 0.2) is 0 Å². The Morgan fingerprint density at radius 1 is 0.600 bits per heavy atom. The van der Waals surface area contributed by atoms with Crippen LogP contribution in [0.1, 0.15) is 22.3 Å². The van der Waals surface area contributed by atoms with E-state index in [0.717, 1.165) is 0 Å². The van der Waals surface area contributed by atoms with Crippen molar-refractivity contribution in [3.8, 4) is 0 Å². The Balaban J connectivity index is 0. The molecule has 0 atom stereocenters. The third-order valence-electron chi connectivity index (χ3n) is 0. The molecule has 0 amide bonds. The van der Waals surface area contributed by atoms with Crippen molar-refractivity contribution in [1.82, 2.24) is 0 Å². The zero-order chi connectivity index (χ0) is 0. The zero-order valence-electron chi connectivity index (χ0n) is 0.577. The smallest absolute Gasteiger partial charge is 0 e. The molecule has 2 heteroatoms. The van der Waals surface area contributed by atoms with E-state index in [1.807, 2.05) is 0 Å². The van der Waals surface area contributed by atoms with Crippen molar-refractivity contribution in [2.75, 3.05) is 0 Å². The summed E-state index contributed by atoms with van der Waals surface area (Å²) < 4.78 is 0. The predicted molar refractivity (Wildman–Crippen MR) is 31.5 cm³/mol. The summed E-state index contributed by atoms with van der Waals surface area (Å²) in [6.45, 7) is 0. The van der Waals surface area contributed by atoms with Gasteiger partial charge in [-0.15, -0.1) is 0 Å². The molecule has 0 rings (SSSR count). The van der Waals surface area contributed by atoms with Crippen LogP contribution in [0.4, 0.5) is 0 Å². The van der Waals surface area contributed by atoms with E-state index in [4.69, 9.17) is 0 Å². The molecular weight excluding hydrogens is 136 g/mol. The summed E-state index contributed by atoms with van der Waals surface area (Å²) in [6, 6.07) is 0. The minimum Gasteiger partial charge on any atom is -0.0776 e. The Labute approximate surface area is 63.2 Å². The van der Waals surface area contributed by atoms with Crippen LogP contribution in [0.25, 0.3) is 0 Å². The first-order valence-corrected chi connectivity index (χ1v) is 0. The first kappa shape index (κ1) is 121. The topological polar surface area (TPSA) is 0 Å². The van der Waals surface area contributed by atoms with Gasteiger partial charge in [0, 0.05) is 32.7 Å². The molecular formula is C3H16BY-. The van der Waals surface area contributed by atoms with E-state index in [1.165, 1.54) is 0 Å². The van der Waals surface area contributed by atoms with Crippen LogP contribution in [-0.2, 0) is 32.7 Å². The third kappa shape index (κ3) is 38.0. The molecule has 0 saturated heterocycles. The van der Waals surface area contributed by atoms with E-state index in [2.05, 4.69) is 0 Å². The van der Waals surface area contributed by atoms with Crippen molar-refractivity contribution in [2.24, 2.45) is 0 Å². The van der Waals surface area contributed by atoms with Crippen LogP contribution in [0.2, 0.25) is 0 Å². The van der Waals surface area contributed by atoms with Crippen molar-refractivity contribution >= 4 is 8.41 Å². The molecule has 35 valence electrons. The van der Waals surface area contributed by atoms with Gasteiger partial charge in [-0.25, -0.2) is 0 Å². The molecule has 0 bridgehead atoms. The molecule has 0 saturated carbocycles. The maximum Gasteiger partial charge on any atom is 0 e. The largest absolute Gasteiger partial charge is 0.0776 e. The predicted octanol–water partition coefficient (Wildman–Crippen LogP) is 0.454. The summed E-state index contributed by atoms with van der Waals surface area (Å²) in [5, 5.41) is 0. The van der Waals surface area contributed by atoms with E-state index >= 15 is 0 Å². The molecule has 0 nitrogen and oxygen atoms in total. The number of hydrogen-bond donors (Lipinski definition) is 0. The standard InChI is InChI=1S/3CH4.BH4.Y/h4*1H4;/q;;;-1;. The Morgan fingerprint density at radius 3 is 0.600 bits per heavy atom. The summed E-state index contributed by atoms with van der Waals surface area (Å²) >= 11 is 0. The summed E-state index contributed by atoms with van der Waals surface area (Å²) in [7, 11) is 0. The Kier molecular flexibility index (Phi) is 1590. The molecule has 0 unspecified atom stereocenters. The quantitative estimate of drug-likeness (QED) is 0.442. The second-order valence-electron chi connectivity index (χ2n) is 0. The van der Waals surface area contributed by atoms with Crippen molar-refractivity contribution in [1.29, 1.82) is 0 Å². The SMILES string of the molecule is C.C.C.[BH4-].[Y]. The summed E-state index contributed by atoms with van der Waals surface area (Å²) in [4.78, 5) is 0. The first-order chi connectivity index (χ1) is 0. The van der Waals surface area contributed by atoms with Gasteiger partial charge >= 0.3 is 0 Å². The van der Waals surface area contributed by atoms with Gasteiger partial charge < -0.3 is 0 Å². The first-order valence-electron chi connectivity index (χ1n) is 0. The molecule has 0 N–H and O–H groups in total. The molecule has 0 fully saturated rings. The van der Waals surface area contributed by atoms with Crippen molar-refractivity contribution in [3.63, 3.8) is 0 Å². The average molecular weight is 152 g/mol. The molecule has 0 aliphatic rings. The molecule has 5 heavy (non-hydrogen) atoms. The van der Waals surface area contributed by atoms with Crippen LogP contribution >= 0.6 is 0 Å². The molecule has 0 aromatic carbocycles. The Bertz CT molecular complexity index is 6.85. The maximum absolute atomic E-state index is 0. The molecule has 1 radical (unpaired) electrons. The van der Waals surface area contributed by atoms with Gasteiger partial charge in [-0.1, -0.05) is 30.7 Å². The normalized spacial score (nSPS) is 0. The second kappa shape index (κ2) is 65.8. The third-order valence-corrected chi connectivity index (χ3v) is 0. The van der Waals surface area contributed by atoms with Crippen LogP contribution in [0.5, 0.6) is 0 Å². The van der Waals surface area contributed by atoms with Crippen LogP contribution in [0.3, 0.4) is 0 Å². The molecule has 0 heterocycles. The van der Waals surface area contributed by atoms with Crippen LogP contribution in [0, 0.1) is 0 Å². The van der Waals surface area contributed by atoms with Crippen molar-refractivity contribution < 1.29 is 32.7 Å². The molecule has 0 aliphatic heterocycles. The second-order valence-corrected chi connectivity index (χ2v) is 0. The van der Waals surface area contributed by atoms with Gasteiger partial charge in [-0.05, 0) is 0 Å². The van der Waals surface area contributed by atoms with Crippen LogP contribution < -0.4 is 0 Å². The maximum atomic E-state index is 0. The van der Waals surface area contributed by atoms with E-state index in [-0.39, 0.29) is 63.4 Å². The van der Waals surface area contributed by atoms with E-state index < -0.39 is 0 Å². The summed E-state index contributed by atoms with van der Waals surface area (Å²) in [6.07, 6.45) is 0. The summed E-state index contributed by atoms with van der Waals surface area (Å²) in [5.74, 6) is 0. The molecule has 0 aliphatic carbocycles. The van der Waals surface area contributed by atoms with E-state index in [9.17, 15) is 0 Å². The monoisotopic (exact) mass is 152 g/mol. The van der Waals surface area contributed by atoms with Crippen molar-refractivity contribution in [3.05, 3.63) is 0 Å². The fourth-order valence-corrected chi connectivity index (χ4v) is 0. The number of rotatable bonds is 0. The van der Waals surface area contributed by atoms with Gasteiger partial charge in [-0.2, -0.15) is 0 Å². The zero-order valence-corrected chi connectivity index (χ0v) is 3.42. The van der Waals surface area contributed by atoms with E-state index in [0.29, 0.717) is 0 Å².